The second-order valence-electron chi connectivity index (χ2n) is 4.36. The van der Waals surface area contributed by atoms with Crippen LogP contribution in [-0.4, -0.2) is 15.5 Å². The number of nitrogens with zero attached hydrogens (tertiary/aromatic N) is 2. The fourth-order valence-corrected chi connectivity index (χ4v) is 2.75. The van der Waals surface area contributed by atoms with Gasteiger partial charge in [0.15, 0.2) is 0 Å². The van der Waals surface area contributed by atoms with Gasteiger partial charge in [0.2, 0.25) is 0 Å². The van der Waals surface area contributed by atoms with E-state index in [0.717, 1.165) is 19.8 Å². The van der Waals surface area contributed by atoms with E-state index in [9.17, 15) is 0 Å². The number of aromatic nitrogens is 2. The molecule has 0 spiro atoms. The molecular weight excluding hydrogens is 274 g/mol. The molecule has 15 heavy (non-hydrogen) atoms. The number of halogens is 1. The predicted molar refractivity (Wildman–Crippen MR) is 68.5 cm³/mol. The summed E-state index contributed by atoms with van der Waals surface area (Å²) in [5.41, 5.74) is 0.992. The zero-order chi connectivity index (χ0) is 11.1. The number of hydrogen-bond acceptors (Lipinski definition) is 4. The van der Waals surface area contributed by atoms with Crippen LogP contribution >= 0.6 is 27.3 Å². The molecule has 5 heteroatoms. The minimum Gasteiger partial charge on any atom is -0.364 e. The molecule has 0 fully saturated rings. The first-order valence-electron chi connectivity index (χ1n) is 4.64. The number of rotatable bonds is 1. The average molecular weight is 286 g/mol. The third kappa shape index (κ3) is 2.46. The third-order valence-corrected chi connectivity index (χ3v) is 3.41. The van der Waals surface area contributed by atoms with Crippen molar-refractivity contribution in [2.75, 3.05) is 5.32 Å². The van der Waals surface area contributed by atoms with Gasteiger partial charge in [-0.05, 0) is 42.8 Å². The van der Waals surface area contributed by atoms with Crippen LogP contribution in [0.2, 0.25) is 0 Å². The van der Waals surface area contributed by atoms with Crippen LogP contribution in [0, 0.1) is 0 Å². The molecular formula is C10H12BrN3S. The van der Waals surface area contributed by atoms with E-state index in [0.29, 0.717) is 0 Å². The van der Waals surface area contributed by atoms with Gasteiger partial charge in [-0.15, -0.1) is 11.3 Å². The van der Waals surface area contributed by atoms with E-state index in [1.807, 2.05) is 6.07 Å². The van der Waals surface area contributed by atoms with Crippen LogP contribution in [0.1, 0.15) is 20.8 Å². The summed E-state index contributed by atoms with van der Waals surface area (Å²) in [6, 6.07) is 2.01. The van der Waals surface area contributed by atoms with Crippen molar-refractivity contribution in [2.24, 2.45) is 0 Å². The lowest BCUT2D eigenvalue weighted by atomic mass is 10.1. The molecule has 0 amide bonds. The highest BCUT2D eigenvalue weighted by atomic mass is 79.9. The highest BCUT2D eigenvalue weighted by molar-refractivity contribution is 9.11. The molecule has 2 aromatic heterocycles. The summed E-state index contributed by atoms with van der Waals surface area (Å²) in [5, 5.41) is 3.38. The van der Waals surface area contributed by atoms with Crippen molar-refractivity contribution < 1.29 is 0 Å². The van der Waals surface area contributed by atoms with Crippen LogP contribution in [0.25, 0.3) is 10.2 Å². The maximum Gasteiger partial charge on any atom is 0.147 e. The molecule has 80 valence electrons. The van der Waals surface area contributed by atoms with Gasteiger partial charge in [0.1, 0.15) is 12.1 Å². The number of anilines is 1. The van der Waals surface area contributed by atoms with Gasteiger partial charge in [0, 0.05) is 5.54 Å². The van der Waals surface area contributed by atoms with Gasteiger partial charge in [-0.25, -0.2) is 9.97 Å². The molecule has 0 bridgehead atoms. The smallest absolute Gasteiger partial charge is 0.147 e. The monoisotopic (exact) mass is 285 g/mol. The third-order valence-electron chi connectivity index (χ3n) is 1.77. The molecule has 0 aliphatic rings. The number of nitrogens with one attached hydrogen (secondary N) is 1. The summed E-state index contributed by atoms with van der Waals surface area (Å²) in [6.07, 6.45) is 1.59. The Morgan fingerprint density at radius 3 is 2.73 bits per heavy atom. The Labute approximate surface area is 101 Å². The fraction of sp³-hybridized carbons (Fsp3) is 0.400. The van der Waals surface area contributed by atoms with Crippen molar-refractivity contribution in [1.82, 2.24) is 9.97 Å². The number of hydrogen-bond donors (Lipinski definition) is 1. The lowest BCUT2D eigenvalue weighted by molar-refractivity contribution is 0.631. The molecule has 0 atom stereocenters. The molecule has 2 heterocycles. The Hall–Kier alpha value is -0.680. The summed E-state index contributed by atoms with van der Waals surface area (Å²) in [6.45, 7) is 6.34. The fourth-order valence-electron chi connectivity index (χ4n) is 1.27. The molecule has 0 aliphatic carbocycles. The summed E-state index contributed by atoms with van der Waals surface area (Å²) in [7, 11) is 0. The molecule has 0 aliphatic heterocycles. The van der Waals surface area contributed by atoms with E-state index < -0.39 is 0 Å². The van der Waals surface area contributed by atoms with E-state index in [4.69, 9.17) is 0 Å². The van der Waals surface area contributed by atoms with Crippen LogP contribution in [0.5, 0.6) is 0 Å². The van der Waals surface area contributed by atoms with Gasteiger partial charge in [-0.2, -0.15) is 0 Å². The topological polar surface area (TPSA) is 37.8 Å². The Morgan fingerprint density at radius 1 is 1.33 bits per heavy atom. The van der Waals surface area contributed by atoms with Crippen molar-refractivity contribution in [3.05, 3.63) is 16.2 Å². The van der Waals surface area contributed by atoms with Crippen molar-refractivity contribution in [2.45, 2.75) is 26.3 Å². The zero-order valence-corrected chi connectivity index (χ0v) is 11.2. The summed E-state index contributed by atoms with van der Waals surface area (Å²) < 4.78 is 2.18. The van der Waals surface area contributed by atoms with Gasteiger partial charge in [-0.3, -0.25) is 0 Å². The highest BCUT2D eigenvalue weighted by Crippen LogP contribution is 2.33. The minimum atomic E-state index is 0.0117. The molecule has 0 saturated heterocycles. The predicted octanol–water partition coefficient (Wildman–Crippen LogP) is 3.66. The van der Waals surface area contributed by atoms with Crippen LogP contribution in [0.15, 0.2) is 16.2 Å². The van der Waals surface area contributed by atoms with Crippen LogP contribution in [0.3, 0.4) is 0 Å². The van der Waals surface area contributed by atoms with Gasteiger partial charge in [0.05, 0.1) is 14.0 Å². The van der Waals surface area contributed by atoms with Crippen molar-refractivity contribution in [1.29, 1.82) is 0 Å². The Kier molecular flexibility index (Phi) is 2.68. The Balaban J connectivity index is 2.51. The molecule has 0 aromatic carbocycles. The maximum atomic E-state index is 4.27. The average Bonchev–Trinajstić information content (AvgIpc) is 2.43. The van der Waals surface area contributed by atoms with Crippen LogP contribution in [0.4, 0.5) is 5.82 Å². The van der Waals surface area contributed by atoms with Crippen molar-refractivity contribution in [3.8, 4) is 0 Å². The molecule has 0 saturated carbocycles. The summed E-state index contributed by atoms with van der Waals surface area (Å²) in [5.74, 6) is 0.906. The van der Waals surface area contributed by atoms with E-state index in [1.54, 1.807) is 17.7 Å². The molecule has 2 aromatic rings. The first-order chi connectivity index (χ1) is 6.96. The highest BCUT2D eigenvalue weighted by Gasteiger charge is 2.14. The van der Waals surface area contributed by atoms with E-state index in [2.05, 4.69) is 52.0 Å². The molecule has 0 radical (unpaired) electrons. The van der Waals surface area contributed by atoms with Crippen LogP contribution in [-0.2, 0) is 0 Å². The Morgan fingerprint density at radius 2 is 2.07 bits per heavy atom. The molecule has 1 N–H and O–H groups in total. The van der Waals surface area contributed by atoms with Gasteiger partial charge in [0.25, 0.3) is 0 Å². The normalized spacial score (nSPS) is 12.0. The van der Waals surface area contributed by atoms with Crippen molar-refractivity contribution in [3.63, 3.8) is 0 Å². The standard InChI is InChI=1S/C10H12BrN3S/c1-10(2,3)14-9-8-6(12-5-13-9)4-7(11)15-8/h4-5H,1-3H3,(H,12,13,14). The lowest BCUT2D eigenvalue weighted by Gasteiger charge is -2.21. The van der Waals surface area contributed by atoms with E-state index >= 15 is 0 Å². The molecule has 3 nitrogen and oxygen atoms in total. The minimum absolute atomic E-state index is 0.0117. The van der Waals surface area contributed by atoms with Gasteiger partial charge >= 0.3 is 0 Å². The lowest BCUT2D eigenvalue weighted by Crippen LogP contribution is -2.26. The van der Waals surface area contributed by atoms with E-state index in [1.165, 1.54) is 0 Å². The second kappa shape index (κ2) is 3.72. The van der Waals surface area contributed by atoms with Crippen LogP contribution < -0.4 is 5.32 Å². The first-order valence-corrected chi connectivity index (χ1v) is 6.25. The van der Waals surface area contributed by atoms with E-state index in [-0.39, 0.29) is 5.54 Å². The van der Waals surface area contributed by atoms with Gasteiger partial charge in [-0.1, -0.05) is 0 Å². The molecule has 0 unspecified atom stereocenters. The first kappa shape index (κ1) is 10.8. The number of fused-ring (bicyclic) bond motifs is 1. The zero-order valence-electron chi connectivity index (χ0n) is 8.84. The van der Waals surface area contributed by atoms with Crippen molar-refractivity contribution >= 4 is 43.3 Å². The van der Waals surface area contributed by atoms with Gasteiger partial charge < -0.3 is 5.32 Å². The second-order valence-corrected chi connectivity index (χ2v) is 6.79. The molecule has 2 rings (SSSR count). The SMILES string of the molecule is CC(C)(C)Nc1ncnc2cc(Br)sc12. The Bertz CT molecular complexity index is 487. The largest absolute Gasteiger partial charge is 0.364 e. The summed E-state index contributed by atoms with van der Waals surface area (Å²) >= 11 is 5.11. The quantitative estimate of drug-likeness (QED) is 0.869. The summed E-state index contributed by atoms with van der Waals surface area (Å²) in [4.78, 5) is 8.49. The number of thiophene rings is 1. The maximum absolute atomic E-state index is 4.27.